The summed E-state index contributed by atoms with van der Waals surface area (Å²) in [7, 11) is 0. The molecule has 0 aromatic carbocycles. The highest BCUT2D eigenvalue weighted by Gasteiger charge is 2.54. The summed E-state index contributed by atoms with van der Waals surface area (Å²) in [5.41, 5.74) is -1.10. The molecule has 15 atom stereocenters. The molecule has 0 spiro atoms. The van der Waals surface area contributed by atoms with Crippen LogP contribution in [0, 0.1) is 5.41 Å². The first-order valence-corrected chi connectivity index (χ1v) is 31.9. The molecule has 0 radical (unpaired) electrons. The van der Waals surface area contributed by atoms with E-state index in [0.717, 1.165) is 41.5 Å². The molecule has 0 amide bonds. The number of hydrogen-bond donors (Lipinski definition) is 0. The lowest BCUT2D eigenvalue weighted by molar-refractivity contribution is -0.186. The zero-order valence-corrected chi connectivity index (χ0v) is 55.3. The largest absolute Gasteiger partial charge is 0.465 e. The summed E-state index contributed by atoms with van der Waals surface area (Å²) < 4.78 is 86.1. The topological polar surface area (TPSA) is 356 Å². The first-order valence-electron chi connectivity index (χ1n) is 28.6. The lowest BCUT2D eigenvalue weighted by Crippen LogP contribution is -2.58. The number of aliphatic imine (C=N–C) groups is 1. The molecule has 3 aliphatic rings. The Hall–Kier alpha value is -5.63. The highest BCUT2D eigenvalue weighted by atomic mass is 32.2. The van der Waals surface area contributed by atoms with E-state index in [1.165, 1.54) is 76.8 Å². The van der Waals surface area contributed by atoms with Gasteiger partial charge >= 0.3 is 71.6 Å². The zero-order valence-electron chi connectivity index (χ0n) is 52.1. The average molecular weight is 1340 g/mol. The van der Waals surface area contributed by atoms with Crippen molar-refractivity contribution in [2.24, 2.45) is 10.4 Å². The van der Waals surface area contributed by atoms with Gasteiger partial charge in [0.15, 0.2) is 54.9 Å². The Labute approximate surface area is 534 Å². The number of carbonyl (C=O) groups is 12. The Morgan fingerprint density at radius 2 is 0.551 bits per heavy atom. The molecule has 3 fully saturated rings. The smallest absolute Gasteiger partial charge is 0.303 e. The molecule has 0 aromatic heterocycles. The molecule has 0 aliphatic carbocycles. The quantitative estimate of drug-likeness (QED) is 0.0284. The minimum Gasteiger partial charge on any atom is -0.465 e. The summed E-state index contributed by atoms with van der Waals surface area (Å²) in [6.07, 6.45) is -8.97. The molecule has 0 bridgehead atoms. The highest BCUT2D eigenvalue weighted by molar-refractivity contribution is 8.01. The number of thiocarbonyl (C=S) groups is 1. The number of rotatable bonds is 35. The predicted octanol–water partition coefficient (Wildman–Crippen LogP) is 3.99. The molecule has 28 nitrogen and oxygen atoms in total. The van der Waals surface area contributed by atoms with E-state index in [2.05, 4.69) is 10.2 Å². The summed E-state index contributed by atoms with van der Waals surface area (Å²) in [6, 6.07) is 0. The van der Waals surface area contributed by atoms with Gasteiger partial charge in [-0.2, -0.15) is 0 Å². The van der Waals surface area contributed by atoms with Crippen LogP contribution in [0.1, 0.15) is 122 Å². The molecular weight excluding hydrogens is 1260 g/mol. The number of hydrogen-bond acceptors (Lipinski definition) is 32. The van der Waals surface area contributed by atoms with Crippen LogP contribution in [-0.4, -0.2) is 229 Å². The Morgan fingerprint density at radius 3 is 0.753 bits per heavy atom. The molecule has 0 aromatic rings. The minimum atomic E-state index is -1.28. The van der Waals surface area contributed by atoms with Gasteiger partial charge in [0.05, 0.1) is 52.7 Å². The van der Waals surface area contributed by atoms with Gasteiger partial charge in [0.2, 0.25) is 0 Å². The van der Waals surface area contributed by atoms with Crippen LogP contribution in [0.5, 0.6) is 0 Å². The molecule has 3 rings (SSSR count). The predicted molar refractivity (Wildman–Crippen MR) is 318 cm³/mol. The number of nitrogens with zero attached hydrogens (tertiary/aromatic N) is 1. The molecule has 502 valence electrons. The number of carbonyl (C=O) groups excluding carboxylic acids is 12. The first-order chi connectivity index (χ1) is 41.9. The van der Waals surface area contributed by atoms with Gasteiger partial charge in [-0.1, -0.05) is 0 Å². The van der Waals surface area contributed by atoms with Crippen LogP contribution in [0.3, 0.4) is 0 Å². The van der Waals surface area contributed by atoms with Crippen LogP contribution in [0.15, 0.2) is 4.99 Å². The lowest BCUT2D eigenvalue weighted by Gasteiger charge is -2.44. The minimum absolute atomic E-state index is 0.0399. The fraction of sp³-hybridized carbons (Fsp3) is 0.772. The van der Waals surface area contributed by atoms with Gasteiger partial charge in [-0.05, 0) is 50.7 Å². The summed E-state index contributed by atoms with van der Waals surface area (Å²) in [5, 5.41) is -1.69. The van der Waals surface area contributed by atoms with E-state index in [4.69, 9.17) is 83.3 Å². The SMILES string of the molecule is CC(=O)OC[C@H]1S[C@@H](CCCOCC(CN=C=S)(COCCC[C@@H]2S[C@H](COC(C)=O)[C@@H](OC(C)=O)[C@H](OC(C)=O)[C@@H]2OC(C)=O)COCCC[C@@H]2S[C@H](COC(C)=O)[C@@H](OC(C)=O)[C@H](OC(C)=O)[C@@H]2OC(C)=O)[C@@H](OC(C)=O)[C@@H](OC(C)=O)[C@@H]1OC(C)=O. The first kappa shape index (κ1) is 77.6. The van der Waals surface area contributed by atoms with E-state index in [0.29, 0.717) is 19.3 Å². The third-order valence-electron chi connectivity index (χ3n) is 13.3. The van der Waals surface area contributed by atoms with Crippen LogP contribution in [0.4, 0.5) is 0 Å². The Kier molecular flexibility index (Phi) is 34.5. The Morgan fingerprint density at radius 1 is 0.337 bits per heavy atom. The summed E-state index contributed by atoms with van der Waals surface area (Å²) >= 11 is 8.71. The van der Waals surface area contributed by atoms with Gasteiger partial charge in [-0.3, -0.25) is 57.5 Å². The molecule has 3 heterocycles. The number of thioether (sulfide) groups is 3. The van der Waals surface area contributed by atoms with Crippen LogP contribution < -0.4 is 0 Å². The summed E-state index contributed by atoms with van der Waals surface area (Å²) in [6.45, 7) is 13.3. The third-order valence-corrected chi connectivity index (χ3v) is 18.2. The Bertz CT molecular complexity index is 2230. The van der Waals surface area contributed by atoms with Gasteiger partial charge < -0.3 is 71.1 Å². The van der Waals surface area contributed by atoms with Crippen LogP contribution in [-0.2, 0) is 129 Å². The maximum absolute atomic E-state index is 12.6. The van der Waals surface area contributed by atoms with Crippen LogP contribution in [0.25, 0.3) is 0 Å². The number of ether oxygens (including phenoxy) is 15. The van der Waals surface area contributed by atoms with Gasteiger partial charge in [0.1, 0.15) is 19.8 Å². The van der Waals surface area contributed by atoms with Gasteiger partial charge in [-0.15, -0.1) is 35.3 Å². The van der Waals surface area contributed by atoms with Crippen molar-refractivity contribution in [3.63, 3.8) is 0 Å². The van der Waals surface area contributed by atoms with Crippen molar-refractivity contribution in [2.75, 3.05) is 66.0 Å². The fourth-order valence-corrected chi connectivity index (χ4v) is 15.1. The zero-order chi connectivity index (χ0) is 66.5. The third kappa shape index (κ3) is 28.2. The van der Waals surface area contributed by atoms with Crippen molar-refractivity contribution >= 4 is 124 Å². The molecule has 3 saturated heterocycles. The monoisotopic (exact) mass is 1340 g/mol. The second-order valence-electron chi connectivity index (χ2n) is 21.2. The normalized spacial score (nSPS) is 26.4. The second kappa shape index (κ2) is 39.6. The highest BCUT2D eigenvalue weighted by Crippen LogP contribution is 2.43. The van der Waals surface area contributed by atoms with Crippen LogP contribution in [0.2, 0.25) is 0 Å². The van der Waals surface area contributed by atoms with E-state index < -0.39 is 163 Å². The standard InChI is InChI=1S/C57H83NO27S4/c1-30(59)74-22-45-51(80-36(7)65)54(83-39(10)68)48(77-33(4)62)42(87-45)16-13-19-71-26-57(25-58-29-86,27-72-20-14-17-43-49(78-34(5)63)55(84-40(11)69)52(81-37(8)66)46(88-43)23-75-31(2)60)28-73-21-15-18-44-50(79-35(6)64)56(85-41(12)70)53(82-38(9)67)47(89-44)24-76-32(3)61/h42-56H,13-28H2,1-12H3/t42-,43-,44-,45+,46+,47+,48+,49+,50+,51+,52+,53+,54+,55+,56+/m0/s1. The molecular formula is C57H83NO27S4. The van der Waals surface area contributed by atoms with Crippen molar-refractivity contribution in [3.8, 4) is 0 Å². The van der Waals surface area contributed by atoms with Crippen molar-refractivity contribution in [2.45, 2.75) is 208 Å². The molecule has 89 heavy (non-hydrogen) atoms. The molecule has 0 unspecified atom stereocenters. The van der Waals surface area contributed by atoms with Crippen molar-refractivity contribution in [3.05, 3.63) is 0 Å². The lowest BCUT2D eigenvalue weighted by atomic mass is 9.91. The van der Waals surface area contributed by atoms with E-state index >= 15 is 0 Å². The van der Waals surface area contributed by atoms with Crippen molar-refractivity contribution in [1.29, 1.82) is 0 Å². The van der Waals surface area contributed by atoms with E-state index in [9.17, 15) is 57.5 Å². The molecule has 32 heteroatoms. The average Bonchev–Trinajstić information content (AvgIpc) is 1.95. The fourth-order valence-electron chi connectivity index (χ4n) is 10.1. The van der Waals surface area contributed by atoms with E-state index in [-0.39, 0.29) is 85.3 Å². The molecule has 3 aliphatic heterocycles. The van der Waals surface area contributed by atoms with Crippen molar-refractivity contribution in [1.82, 2.24) is 0 Å². The van der Waals surface area contributed by atoms with Gasteiger partial charge in [0.25, 0.3) is 0 Å². The van der Waals surface area contributed by atoms with E-state index in [1.54, 1.807) is 0 Å². The molecule has 0 N–H and O–H groups in total. The second-order valence-corrected chi connectivity index (χ2v) is 25.8. The van der Waals surface area contributed by atoms with Crippen molar-refractivity contribution < 1.29 is 129 Å². The number of esters is 12. The molecule has 0 saturated carbocycles. The van der Waals surface area contributed by atoms with Crippen LogP contribution >= 0.6 is 47.5 Å². The van der Waals surface area contributed by atoms with Gasteiger partial charge in [-0.25, -0.2) is 4.99 Å². The van der Waals surface area contributed by atoms with Gasteiger partial charge in [0, 0.05) is 119 Å². The maximum Gasteiger partial charge on any atom is 0.303 e. The number of isothiocyanates is 1. The summed E-state index contributed by atoms with van der Waals surface area (Å²) in [5.74, 6) is -8.35. The maximum atomic E-state index is 12.6. The Balaban J connectivity index is 1.97. The van der Waals surface area contributed by atoms with E-state index in [1.807, 2.05) is 0 Å². The summed E-state index contributed by atoms with van der Waals surface area (Å²) in [4.78, 5) is 152.